The van der Waals surface area contributed by atoms with Crippen LogP contribution in [0, 0.1) is 18.3 Å². The highest BCUT2D eigenvalue weighted by Gasteiger charge is 2.17. The highest BCUT2D eigenvalue weighted by molar-refractivity contribution is 7.92. The minimum Gasteiger partial charge on any atom is -0.307 e. The number of hydrogen-bond acceptors (Lipinski definition) is 4. The number of nitriles is 1. The standard InChI is InChI=1S/C21H18N4O3S/c1-15-7-5-6-10-18(15)23-21(26)24-19-12-11-16(14-22)13-20(19)25-29(27,28)17-8-3-2-4-9-17/h2-13,25H,1H3,(H2,23,24,26). The second-order valence-corrected chi connectivity index (χ2v) is 7.87. The Hall–Kier alpha value is -3.83. The molecule has 146 valence electrons. The first-order chi connectivity index (χ1) is 13.9. The number of urea groups is 1. The van der Waals surface area contributed by atoms with Crippen molar-refractivity contribution in [1.29, 1.82) is 5.26 Å². The second-order valence-electron chi connectivity index (χ2n) is 6.18. The van der Waals surface area contributed by atoms with Crippen LogP contribution in [0.15, 0.2) is 77.7 Å². The lowest BCUT2D eigenvalue weighted by molar-refractivity contribution is 0.262. The van der Waals surface area contributed by atoms with Gasteiger partial charge in [-0.25, -0.2) is 13.2 Å². The van der Waals surface area contributed by atoms with Crippen molar-refractivity contribution >= 4 is 33.1 Å². The van der Waals surface area contributed by atoms with Gasteiger partial charge in [0.25, 0.3) is 10.0 Å². The molecule has 0 heterocycles. The Morgan fingerprint density at radius 3 is 2.21 bits per heavy atom. The van der Waals surface area contributed by atoms with E-state index in [0.717, 1.165) is 5.56 Å². The molecule has 3 N–H and O–H groups in total. The molecule has 3 aromatic rings. The van der Waals surface area contributed by atoms with Crippen LogP contribution in [0.25, 0.3) is 0 Å². The Labute approximate surface area is 169 Å². The number of carbonyl (C=O) groups is 1. The monoisotopic (exact) mass is 406 g/mol. The quantitative estimate of drug-likeness (QED) is 0.586. The SMILES string of the molecule is Cc1ccccc1NC(=O)Nc1ccc(C#N)cc1NS(=O)(=O)c1ccccc1. The van der Waals surface area contributed by atoms with Crippen molar-refractivity contribution in [2.24, 2.45) is 0 Å². The van der Waals surface area contributed by atoms with Crippen molar-refractivity contribution in [3.05, 3.63) is 83.9 Å². The number of anilines is 3. The molecule has 0 radical (unpaired) electrons. The molecule has 2 amide bonds. The van der Waals surface area contributed by atoms with Crippen LogP contribution in [-0.4, -0.2) is 14.4 Å². The third-order valence-electron chi connectivity index (χ3n) is 4.09. The van der Waals surface area contributed by atoms with Crippen LogP contribution in [0.2, 0.25) is 0 Å². The summed E-state index contributed by atoms with van der Waals surface area (Å²) >= 11 is 0. The number of rotatable bonds is 5. The van der Waals surface area contributed by atoms with E-state index >= 15 is 0 Å². The van der Waals surface area contributed by atoms with E-state index in [1.165, 1.54) is 30.3 Å². The number of sulfonamides is 1. The summed E-state index contributed by atoms with van der Waals surface area (Å²) in [6, 6.07) is 20.8. The van der Waals surface area contributed by atoms with E-state index in [1.807, 2.05) is 25.1 Å². The lowest BCUT2D eigenvalue weighted by Crippen LogP contribution is -2.22. The molecule has 7 nitrogen and oxygen atoms in total. The molecule has 0 aliphatic rings. The summed E-state index contributed by atoms with van der Waals surface area (Å²) in [6.45, 7) is 1.86. The van der Waals surface area contributed by atoms with Crippen LogP contribution < -0.4 is 15.4 Å². The summed E-state index contributed by atoms with van der Waals surface area (Å²) in [5.74, 6) is 0. The predicted molar refractivity (Wildman–Crippen MR) is 112 cm³/mol. The molecular formula is C21H18N4O3S. The minimum atomic E-state index is -3.89. The molecule has 0 atom stereocenters. The fraction of sp³-hybridized carbons (Fsp3) is 0.0476. The summed E-state index contributed by atoms with van der Waals surface area (Å²) in [4.78, 5) is 12.5. The number of benzene rings is 3. The molecule has 0 aliphatic carbocycles. The van der Waals surface area contributed by atoms with E-state index < -0.39 is 16.1 Å². The smallest absolute Gasteiger partial charge is 0.307 e. The molecule has 29 heavy (non-hydrogen) atoms. The molecule has 0 aromatic heterocycles. The van der Waals surface area contributed by atoms with Crippen molar-refractivity contribution in [1.82, 2.24) is 0 Å². The summed E-state index contributed by atoms with van der Waals surface area (Å²) in [7, 11) is -3.89. The van der Waals surface area contributed by atoms with Crippen LogP contribution in [0.5, 0.6) is 0 Å². The van der Waals surface area contributed by atoms with E-state index in [9.17, 15) is 13.2 Å². The first kappa shape index (κ1) is 19.9. The number of aryl methyl sites for hydroxylation is 1. The molecule has 0 saturated carbocycles. The van der Waals surface area contributed by atoms with Gasteiger partial charge in [-0.15, -0.1) is 0 Å². The van der Waals surface area contributed by atoms with E-state index in [2.05, 4.69) is 15.4 Å². The highest BCUT2D eigenvalue weighted by Crippen LogP contribution is 2.26. The molecule has 0 saturated heterocycles. The normalized spacial score (nSPS) is 10.6. The first-order valence-electron chi connectivity index (χ1n) is 8.65. The fourth-order valence-electron chi connectivity index (χ4n) is 2.60. The van der Waals surface area contributed by atoms with E-state index in [4.69, 9.17) is 5.26 Å². The number of carbonyl (C=O) groups excluding carboxylic acids is 1. The van der Waals surface area contributed by atoms with E-state index in [-0.39, 0.29) is 21.8 Å². The molecule has 0 bridgehead atoms. The zero-order valence-corrected chi connectivity index (χ0v) is 16.3. The van der Waals surface area contributed by atoms with Gasteiger partial charge in [0, 0.05) is 5.69 Å². The van der Waals surface area contributed by atoms with Gasteiger partial charge in [-0.05, 0) is 48.9 Å². The van der Waals surface area contributed by atoms with Crippen molar-refractivity contribution < 1.29 is 13.2 Å². The zero-order valence-electron chi connectivity index (χ0n) is 15.5. The lowest BCUT2D eigenvalue weighted by atomic mass is 10.2. The van der Waals surface area contributed by atoms with Crippen LogP contribution in [0.3, 0.4) is 0 Å². The Bertz CT molecular complexity index is 1190. The van der Waals surface area contributed by atoms with Gasteiger partial charge in [-0.2, -0.15) is 5.26 Å². The Kier molecular flexibility index (Phi) is 5.81. The van der Waals surface area contributed by atoms with Crippen LogP contribution >= 0.6 is 0 Å². The number of nitrogens with zero attached hydrogens (tertiary/aromatic N) is 1. The average molecular weight is 406 g/mol. The number of hydrogen-bond donors (Lipinski definition) is 3. The topological polar surface area (TPSA) is 111 Å². The van der Waals surface area contributed by atoms with E-state index in [1.54, 1.807) is 30.3 Å². The lowest BCUT2D eigenvalue weighted by Gasteiger charge is -2.15. The maximum Gasteiger partial charge on any atom is 0.323 e. The fourth-order valence-corrected chi connectivity index (χ4v) is 3.69. The molecule has 0 spiro atoms. The third kappa shape index (κ3) is 4.91. The van der Waals surface area contributed by atoms with Crippen molar-refractivity contribution in [2.45, 2.75) is 11.8 Å². The summed E-state index contributed by atoms with van der Waals surface area (Å²) in [5.41, 5.74) is 2.07. The van der Waals surface area contributed by atoms with Gasteiger partial charge in [0.1, 0.15) is 0 Å². The van der Waals surface area contributed by atoms with Gasteiger partial charge >= 0.3 is 6.03 Å². The molecular weight excluding hydrogens is 388 g/mol. The Balaban J connectivity index is 1.87. The van der Waals surface area contributed by atoms with Crippen molar-refractivity contribution in [2.75, 3.05) is 15.4 Å². The van der Waals surface area contributed by atoms with E-state index in [0.29, 0.717) is 5.69 Å². The molecule has 0 unspecified atom stereocenters. The zero-order chi connectivity index (χ0) is 20.9. The number of para-hydroxylation sites is 1. The predicted octanol–water partition coefficient (Wildman–Crippen LogP) is 4.31. The minimum absolute atomic E-state index is 0.0673. The molecule has 0 aliphatic heterocycles. The third-order valence-corrected chi connectivity index (χ3v) is 5.47. The number of nitrogens with one attached hydrogen (secondary N) is 3. The maximum atomic E-state index is 12.7. The molecule has 0 fully saturated rings. The van der Waals surface area contributed by atoms with Gasteiger partial charge in [0.05, 0.1) is 27.9 Å². The van der Waals surface area contributed by atoms with Gasteiger partial charge in [-0.3, -0.25) is 4.72 Å². The van der Waals surface area contributed by atoms with Gasteiger partial charge in [0.2, 0.25) is 0 Å². The van der Waals surface area contributed by atoms with Gasteiger partial charge in [0.15, 0.2) is 0 Å². The maximum absolute atomic E-state index is 12.7. The summed E-state index contributed by atoms with van der Waals surface area (Å²) < 4.78 is 27.7. The second kappa shape index (κ2) is 8.46. The Morgan fingerprint density at radius 1 is 0.862 bits per heavy atom. The molecule has 8 heteroatoms. The largest absolute Gasteiger partial charge is 0.323 e. The summed E-state index contributed by atoms with van der Waals surface area (Å²) in [5, 5.41) is 14.5. The summed E-state index contributed by atoms with van der Waals surface area (Å²) in [6.07, 6.45) is 0. The molecule has 3 rings (SSSR count). The first-order valence-corrected chi connectivity index (χ1v) is 10.1. The average Bonchev–Trinajstić information content (AvgIpc) is 2.71. The van der Waals surface area contributed by atoms with Gasteiger partial charge in [-0.1, -0.05) is 36.4 Å². The van der Waals surface area contributed by atoms with Crippen molar-refractivity contribution in [3.8, 4) is 6.07 Å². The van der Waals surface area contributed by atoms with Crippen LogP contribution in [0.1, 0.15) is 11.1 Å². The number of amides is 2. The highest BCUT2D eigenvalue weighted by atomic mass is 32.2. The van der Waals surface area contributed by atoms with Crippen LogP contribution in [-0.2, 0) is 10.0 Å². The van der Waals surface area contributed by atoms with Crippen molar-refractivity contribution in [3.63, 3.8) is 0 Å². The van der Waals surface area contributed by atoms with Crippen LogP contribution in [0.4, 0.5) is 21.9 Å². The molecule has 3 aromatic carbocycles. The van der Waals surface area contributed by atoms with Gasteiger partial charge < -0.3 is 10.6 Å². The Morgan fingerprint density at radius 2 is 1.52 bits per heavy atom.